The topological polar surface area (TPSA) is 102 Å². The van der Waals surface area contributed by atoms with Gasteiger partial charge in [-0.25, -0.2) is 0 Å². The van der Waals surface area contributed by atoms with Crippen molar-refractivity contribution in [3.63, 3.8) is 0 Å². The molecule has 0 spiro atoms. The number of carbonyl (C=O) groups is 2. The third-order valence-electron chi connectivity index (χ3n) is 4.40. The van der Waals surface area contributed by atoms with Crippen LogP contribution < -0.4 is 4.74 Å². The van der Waals surface area contributed by atoms with Crippen LogP contribution in [0.1, 0.15) is 47.0 Å². The van der Waals surface area contributed by atoms with Gasteiger partial charge in [0.1, 0.15) is 11.5 Å². The number of carbonyl (C=O) groups excluding carboxylic acids is 2. The first kappa shape index (κ1) is 16.3. The van der Waals surface area contributed by atoms with Crippen LogP contribution in [0.15, 0.2) is 5.76 Å². The summed E-state index contributed by atoms with van der Waals surface area (Å²) in [4.78, 5) is 24.6. The second kappa shape index (κ2) is 5.52. The first-order valence-electron chi connectivity index (χ1n) is 7.51. The van der Waals surface area contributed by atoms with E-state index in [1.165, 1.54) is 14.2 Å². The molecule has 2 N–H and O–H groups in total. The number of aromatic hydroxyl groups is 1. The Balaban J connectivity index is 2.45. The van der Waals surface area contributed by atoms with E-state index in [4.69, 9.17) is 14.2 Å². The highest BCUT2D eigenvalue weighted by Crippen LogP contribution is 2.49. The Labute approximate surface area is 138 Å². The lowest BCUT2D eigenvalue weighted by Crippen LogP contribution is -2.29. The zero-order valence-electron chi connectivity index (χ0n) is 13.8. The molecule has 1 aromatic carbocycles. The Kier molecular flexibility index (Phi) is 3.76. The molecule has 1 aromatic rings. The van der Waals surface area contributed by atoms with Crippen molar-refractivity contribution < 1.29 is 34.0 Å². The smallest absolute Gasteiger partial charge is 0.272 e. The average Bonchev–Trinajstić information content (AvgIpc) is 2.52. The van der Waals surface area contributed by atoms with E-state index < -0.39 is 29.2 Å². The Morgan fingerprint density at radius 1 is 1.04 bits per heavy atom. The monoisotopic (exact) mass is 334 g/mol. The number of hydrogen-bond donors (Lipinski definition) is 2. The minimum atomic E-state index is -1.02. The van der Waals surface area contributed by atoms with Crippen molar-refractivity contribution in [3.05, 3.63) is 28.0 Å². The zero-order chi connectivity index (χ0) is 17.8. The molecule has 0 radical (unpaired) electrons. The maximum absolute atomic E-state index is 12.4. The highest BCUT2D eigenvalue weighted by atomic mass is 16.5. The minimum Gasteiger partial charge on any atom is -0.507 e. The van der Waals surface area contributed by atoms with E-state index in [9.17, 15) is 19.8 Å². The third-order valence-corrected chi connectivity index (χ3v) is 4.40. The van der Waals surface area contributed by atoms with Gasteiger partial charge in [-0.3, -0.25) is 9.59 Å². The van der Waals surface area contributed by atoms with Gasteiger partial charge in [-0.15, -0.1) is 0 Å². The van der Waals surface area contributed by atoms with Crippen molar-refractivity contribution >= 4 is 17.3 Å². The van der Waals surface area contributed by atoms with Crippen molar-refractivity contribution in [1.82, 2.24) is 0 Å². The van der Waals surface area contributed by atoms with Crippen LogP contribution in [0, 0.1) is 0 Å². The summed E-state index contributed by atoms with van der Waals surface area (Å²) in [7, 11) is 2.59. The summed E-state index contributed by atoms with van der Waals surface area (Å²) >= 11 is 0. The number of methoxy groups -OCH3 is 2. The minimum absolute atomic E-state index is 0.0171. The van der Waals surface area contributed by atoms with Crippen LogP contribution in [0.25, 0.3) is 5.76 Å². The Morgan fingerprint density at radius 3 is 2.29 bits per heavy atom. The van der Waals surface area contributed by atoms with E-state index in [1.54, 1.807) is 6.92 Å². The molecular formula is C17H18O7. The maximum Gasteiger partial charge on any atom is 0.272 e. The number of ether oxygens (including phenoxy) is 3. The van der Waals surface area contributed by atoms with Gasteiger partial charge < -0.3 is 24.4 Å². The Bertz CT molecular complexity index is 791. The number of hydrogen-bond acceptors (Lipinski definition) is 7. The summed E-state index contributed by atoms with van der Waals surface area (Å²) in [6.07, 6.45) is -0.185. The molecule has 0 saturated heterocycles. The molecular weight excluding hydrogens is 316 g/mol. The van der Waals surface area contributed by atoms with E-state index in [-0.39, 0.29) is 28.7 Å². The number of rotatable bonds is 2. The van der Waals surface area contributed by atoms with Gasteiger partial charge in [-0.1, -0.05) is 0 Å². The molecule has 1 aliphatic carbocycles. The average molecular weight is 334 g/mol. The molecule has 24 heavy (non-hydrogen) atoms. The number of Topliss-reactive ketones (excluding diaryl/α,β-unsaturated/α-hetero) is 2. The Hall–Kier alpha value is -2.54. The van der Waals surface area contributed by atoms with Gasteiger partial charge in [0.2, 0.25) is 11.5 Å². The number of phenolic OH excluding ortho intramolecular Hbond substituents is 1. The predicted molar refractivity (Wildman–Crippen MR) is 83.2 cm³/mol. The zero-order valence-corrected chi connectivity index (χ0v) is 13.8. The van der Waals surface area contributed by atoms with Crippen molar-refractivity contribution in [2.75, 3.05) is 14.2 Å². The molecule has 0 amide bonds. The summed E-state index contributed by atoms with van der Waals surface area (Å²) in [5.74, 6) is -3.06. The Morgan fingerprint density at radius 2 is 1.71 bits per heavy atom. The van der Waals surface area contributed by atoms with Gasteiger partial charge in [0.05, 0.1) is 37.6 Å². The van der Waals surface area contributed by atoms with Crippen molar-refractivity contribution in [1.29, 1.82) is 0 Å². The molecule has 0 saturated carbocycles. The maximum atomic E-state index is 12.4. The molecule has 0 aromatic heterocycles. The SMILES string of the molecule is COC1=C(O)c2c(OC)c3c(c(O)c2C(=O)C1=O)C(C)OC(C)C3. The fourth-order valence-electron chi connectivity index (χ4n) is 3.47. The molecule has 1 aliphatic heterocycles. The highest BCUT2D eigenvalue weighted by molar-refractivity contribution is 6.52. The van der Waals surface area contributed by atoms with Crippen LogP contribution in [0.2, 0.25) is 0 Å². The van der Waals surface area contributed by atoms with Crippen molar-refractivity contribution in [3.8, 4) is 11.5 Å². The van der Waals surface area contributed by atoms with Gasteiger partial charge >= 0.3 is 0 Å². The van der Waals surface area contributed by atoms with Crippen molar-refractivity contribution in [2.45, 2.75) is 32.5 Å². The van der Waals surface area contributed by atoms with Gasteiger partial charge in [-0.2, -0.15) is 0 Å². The molecule has 3 rings (SSSR count). The number of phenols is 1. The number of fused-ring (bicyclic) bond motifs is 2. The van der Waals surface area contributed by atoms with Crippen molar-refractivity contribution in [2.24, 2.45) is 0 Å². The van der Waals surface area contributed by atoms with E-state index in [1.807, 2.05) is 6.92 Å². The van der Waals surface area contributed by atoms with E-state index in [2.05, 4.69) is 0 Å². The lowest BCUT2D eigenvalue weighted by Gasteiger charge is -2.33. The molecule has 1 heterocycles. The molecule has 2 unspecified atom stereocenters. The van der Waals surface area contributed by atoms with Gasteiger partial charge in [0, 0.05) is 17.5 Å². The number of aliphatic hydroxyl groups excluding tert-OH is 1. The normalized spacial score (nSPS) is 23.0. The van der Waals surface area contributed by atoms with Crippen LogP contribution in [-0.4, -0.2) is 42.1 Å². The number of aliphatic hydroxyl groups is 1. The first-order valence-corrected chi connectivity index (χ1v) is 7.51. The summed E-state index contributed by atoms with van der Waals surface area (Å²) in [5, 5.41) is 21.1. The van der Waals surface area contributed by atoms with Gasteiger partial charge in [0.25, 0.3) is 5.78 Å². The van der Waals surface area contributed by atoms with E-state index >= 15 is 0 Å². The van der Waals surface area contributed by atoms with Crippen LogP contribution >= 0.6 is 0 Å². The van der Waals surface area contributed by atoms with E-state index in [0.717, 1.165) is 0 Å². The third kappa shape index (κ3) is 2.01. The van der Waals surface area contributed by atoms with Crippen LogP contribution in [0.3, 0.4) is 0 Å². The number of allylic oxidation sites excluding steroid dienone is 1. The quantitative estimate of drug-likeness (QED) is 0.798. The predicted octanol–water partition coefficient (Wildman–Crippen LogP) is 2.06. The van der Waals surface area contributed by atoms with E-state index in [0.29, 0.717) is 17.5 Å². The number of benzene rings is 1. The first-order chi connectivity index (χ1) is 11.3. The lowest BCUT2D eigenvalue weighted by molar-refractivity contribution is -0.114. The molecule has 2 atom stereocenters. The van der Waals surface area contributed by atoms with Crippen LogP contribution in [0.5, 0.6) is 11.5 Å². The van der Waals surface area contributed by atoms with Crippen LogP contribution in [0.4, 0.5) is 0 Å². The molecule has 128 valence electrons. The van der Waals surface area contributed by atoms with Crippen LogP contribution in [-0.2, 0) is 20.7 Å². The second-order valence-corrected chi connectivity index (χ2v) is 5.86. The fourth-order valence-corrected chi connectivity index (χ4v) is 3.47. The highest BCUT2D eigenvalue weighted by Gasteiger charge is 2.42. The summed E-state index contributed by atoms with van der Waals surface area (Å²) in [6.45, 7) is 3.62. The molecule has 7 nitrogen and oxygen atoms in total. The summed E-state index contributed by atoms with van der Waals surface area (Å²) in [6, 6.07) is 0. The standard InChI is InChI=1S/C17H18O7/c1-6-5-8-9(7(2)24-6)12(18)10-11(16(8)22-3)14(20)17(23-4)15(21)13(10)19/h6-7,18,20H,5H2,1-4H3. The van der Waals surface area contributed by atoms with Gasteiger partial charge in [-0.05, 0) is 13.8 Å². The summed E-state index contributed by atoms with van der Waals surface area (Å²) < 4.78 is 16.0. The number of ketones is 2. The molecule has 0 bridgehead atoms. The molecule has 7 heteroatoms. The summed E-state index contributed by atoms with van der Waals surface area (Å²) in [5.41, 5.74) is 0.748. The second-order valence-electron chi connectivity index (χ2n) is 5.86. The lowest BCUT2D eigenvalue weighted by atomic mass is 9.82. The molecule has 0 fully saturated rings. The van der Waals surface area contributed by atoms with Gasteiger partial charge in [0.15, 0.2) is 5.76 Å². The molecule has 2 aliphatic rings. The fraction of sp³-hybridized carbons (Fsp3) is 0.412. The largest absolute Gasteiger partial charge is 0.507 e.